The average Bonchev–Trinajstić information content (AvgIpc) is 2.15. The van der Waals surface area contributed by atoms with Crippen LogP contribution in [0.2, 0.25) is 0 Å². The number of carbonyl (C=O) groups is 1. The van der Waals surface area contributed by atoms with E-state index in [9.17, 15) is 4.79 Å². The van der Waals surface area contributed by atoms with Crippen LogP contribution in [0, 0.1) is 0 Å². The van der Waals surface area contributed by atoms with Crippen LogP contribution in [0.3, 0.4) is 0 Å². The first-order valence-corrected chi connectivity index (χ1v) is 4.93. The Morgan fingerprint density at radius 1 is 1.46 bits per heavy atom. The van der Waals surface area contributed by atoms with Gasteiger partial charge in [-0.05, 0) is 5.56 Å². The van der Waals surface area contributed by atoms with Gasteiger partial charge < -0.3 is 10.5 Å². The fourth-order valence-electron chi connectivity index (χ4n) is 0.997. The molecule has 1 rings (SSSR count). The number of hydrogen-bond acceptors (Lipinski definition) is 2. The second-order valence-electron chi connectivity index (χ2n) is 2.49. The molecule has 3 nitrogen and oxygen atoms in total. The summed E-state index contributed by atoms with van der Waals surface area (Å²) in [7, 11) is 0. The van der Waals surface area contributed by atoms with Gasteiger partial charge in [-0.2, -0.15) is 0 Å². The Labute approximate surface area is 85.0 Å². The van der Waals surface area contributed by atoms with E-state index in [0.29, 0.717) is 5.33 Å². The van der Waals surface area contributed by atoms with Crippen molar-refractivity contribution < 1.29 is 9.53 Å². The fraction of sp³-hybridized carbons (Fsp3) is 0.222. The lowest BCUT2D eigenvalue weighted by atomic mass is 10.1. The van der Waals surface area contributed by atoms with Crippen LogP contribution in [0.5, 0.6) is 0 Å². The maximum absolute atomic E-state index is 10.5. The van der Waals surface area contributed by atoms with Crippen LogP contribution in [-0.2, 0) is 4.74 Å². The quantitative estimate of drug-likeness (QED) is 0.828. The van der Waals surface area contributed by atoms with E-state index >= 15 is 0 Å². The molecule has 0 spiro atoms. The molecule has 0 radical (unpaired) electrons. The van der Waals surface area contributed by atoms with Crippen molar-refractivity contribution in [2.45, 2.75) is 6.10 Å². The molecule has 0 aliphatic rings. The van der Waals surface area contributed by atoms with Crippen molar-refractivity contribution >= 4 is 22.0 Å². The van der Waals surface area contributed by atoms with Crippen LogP contribution >= 0.6 is 15.9 Å². The average molecular weight is 244 g/mol. The predicted molar refractivity (Wildman–Crippen MR) is 53.6 cm³/mol. The number of amides is 1. The van der Waals surface area contributed by atoms with E-state index in [4.69, 9.17) is 10.5 Å². The zero-order chi connectivity index (χ0) is 9.68. The summed E-state index contributed by atoms with van der Waals surface area (Å²) in [6, 6.07) is 9.44. The SMILES string of the molecule is NC(=O)O[C@@H](CBr)c1ccccc1. The first-order valence-electron chi connectivity index (χ1n) is 3.81. The number of rotatable bonds is 3. The summed E-state index contributed by atoms with van der Waals surface area (Å²) < 4.78 is 4.88. The molecule has 0 fully saturated rings. The van der Waals surface area contributed by atoms with Crippen LogP contribution in [0.15, 0.2) is 30.3 Å². The summed E-state index contributed by atoms with van der Waals surface area (Å²) in [4.78, 5) is 10.5. The fourth-order valence-corrected chi connectivity index (χ4v) is 1.50. The number of carbonyl (C=O) groups excluding carboxylic acids is 1. The lowest BCUT2D eigenvalue weighted by Gasteiger charge is -2.13. The highest BCUT2D eigenvalue weighted by Gasteiger charge is 2.12. The number of primary amides is 1. The molecular weight excluding hydrogens is 234 g/mol. The molecule has 1 amide bonds. The Morgan fingerprint density at radius 3 is 2.54 bits per heavy atom. The van der Waals surface area contributed by atoms with Gasteiger partial charge in [0.1, 0.15) is 6.10 Å². The molecule has 1 aromatic rings. The van der Waals surface area contributed by atoms with Gasteiger partial charge in [0.25, 0.3) is 0 Å². The molecular formula is C9H10BrNO2. The van der Waals surface area contributed by atoms with Gasteiger partial charge in [0.15, 0.2) is 0 Å². The highest BCUT2D eigenvalue weighted by molar-refractivity contribution is 9.09. The molecule has 0 saturated heterocycles. The zero-order valence-corrected chi connectivity index (χ0v) is 8.53. The first kappa shape index (κ1) is 10.1. The molecule has 1 aromatic carbocycles. The number of ether oxygens (including phenoxy) is 1. The topological polar surface area (TPSA) is 52.3 Å². The Hall–Kier alpha value is -1.03. The number of halogens is 1. The van der Waals surface area contributed by atoms with Crippen molar-refractivity contribution in [3.63, 3.8) is 0 Å². The van der Waals surface area contributed by atoms with Crippen LogP contribution in [0.25, 0.3) is 0 Å². The Kier molecular flexibility index (Phi) is 3.76. The minimum atomic E-state index is -0.756. The van der Waals surface area contributed by atoms with Crippen molar-refractivity contribution in [1.29, 1.82) is 0 Å². The van der Waals surface area contributed by atoms with Gasteiger partial charge in [-0.15, -0.1) is 0 Å². The Morgan fingerprint density at radius 2 is 2.08 bits per heavy atom. The van der Waals surface area contributed by atoms with Gasteiger partial charge in [-0.3, -0.25) is 0 Å². The largest absolute Gasteiger partial charge is 0.441 e. The normalized spacial score (nSPS) is 12.1. The van der Waals surface area contributed by atoms with Crippen molar-refractivity contribution in [3.05, 3.63) is 35.9 Å². The first-order chi connectivity index (χ1) is 6.24. The van der Waals surface area contributed by atoms with Gasteiger partial charge >= 0.3 is 6.09 Å². The van der Waals surface area contributed by atoms with E-state index in [2.05, 4.69) is 15.9 Å². The minimum absolute atomic E-state index is 0.307. The molecule has 0 aromatic heterocycles. The van der Waals surface area contributed by atoms with Crippen LogP contribution in [0.4, 0.5) is 4.79 Å². The number of alkyl halides is 1. The molecule has 1 atom stereocenters. The van der Waals surface area contributed by atoms with Crippen molar-refractivity contribution in [3.8, 4) is 0 Å². The van der Waals surface area contributed by atoms with E-state index in [1.165, 1.54) is 0 Å². The highest BCUT2D eigenvalue weighted by Crippen LogP contribution is 2.18. The van der Waals surface area contributed by atoms with E-state index < -0.39 is 6.09 Å². The second kappa shape index (κ2) is 4.87. The van der Waals surface area contributed by atoms with E-state index in [0.717, 1.165) is 5.56 Å². The molecule has 0 aliphatic carbocycles. The molecule has 0 heterocycles. The predicted octanol–water partition coefficient (Wildman–Crippen LogP) is 2.22. The number of hydrogen-bond donors (Lipinski definition) is 1. The highest BCUT2D eigenvalue weighted by atomic mass is 79.9. The summed E-state index contributed by atoms with van der Waals surface area (Å²) in [6.45, 7) is 0. The van der Waals surface area contributed by atoms with Gasteiger partial charge in [-0.1, -0.05) is 46.3 Å². The molecule has 0 aliphatic heterocycles. The summed E-state index contributed by atoms with van der Waals surface area (Å²) in [5.41, 5.74) is 5.85. The van der Waals surface area contributed by atoms with Crippen LogP contribution in [-0.4, -0.2) is 11.4 Å². The van der Waals surface area contributed by atoms with Crippen LogP contribution in [0.1, 0.15) is 11.7 Å². The second-order valence-corrected chi connectivity index (χ2v) is 3.14. The van der Waals surface area contributed by atoms with Gasteiger partial charge in [0.05, 0.1) is 0 Å². The van der Waals surface area contributed by atoms with Crippen molar-refractivity contribution in [2.75, 3.05) is 5.33 Å². The Bertz CT molecular complexity index is 276. The molecule has 0 saturated carbocycles. The molecule has 4 heteroatoms. The summed E-state index contributed by atoms with van der Waals surface area (Å²) in [6.07, 6.45) is -1.06. The summed E-state index contributed by atoms with van der Waals surface area (Å²) >= 11 is 3.25. The smallest absolute Gasteiger partial charge is 0.405 e. The molecule has 13 heavy (non-hydrogen) atoms. The lowest BCUT2D eigenvalue weighted by molar-refractivity contribution is 0.119. The number of benzene rings is 1. The third-order valence-corrected chi connectivity index (χ3v) is 2.16. The monoisotopic (exact) mass is 243 g/mol. The van der Waals surface area contributed by atoms with Crippen LogP contribution < -0.4 is 5.73 Å². The third-order valence-electron chi connectivity index (χ3n) is 1.57. The van der Waals surface area contributed by atoms with E-state index in [1.54, 1.807) is 0 Å². The van der Waals surface area contributed by atoms with E-state index in [-0.39, 0.29) is 6.10 Å². The molecule has 70 valence electrons. The lowest BCUT2D eigenvalue weighted by Crippen LogP contribution is -2.18. The zero-order valence-electron chi connectivity index (χ0n) is 6.94. The van der Waals surface area contributed by atoms with Gasteiger partial charge in [-0.25, -0.2) is 4.79 Å². The van der Waals surface area contributed by atoms with Gasteiger partial charge in [0, 0.05) is 5.33 Å². The number of nitrogens with two attached hydrogens (primary N) is 1. The molecule has 0 unspecified atom stereocenters. The molecule has 2 N–H and O–H groups in total. The standard InChI is InChI=1S/C9H10BrNO2/c10-6-8(13-9(11)12)7-4-2-1-3-5-7/h1-5,8H,6H2,(H2,11,12)/t8-/m0/s1. The van der Waals surface area contributed by atoms with Gasteiger partial charge in [0.2, 0.25) is 0 Å². The Balaban J connectivity index is 2.73. The van der Waals surface area contributed by atoms with Crippen molar-refractivity contribution in [2.24, 2.45) is 5.73 Å². The van der Waals surface area contributed by atoms with E-state index in [1.807, 2.05) is 30.3 Å². The summed E-state index contributed by atoms with van der Waals surface area (Å²) in [5, 5.41) is 0.542. The van der Waals surface area contributed by atoms with Crippen molar-refractivity contribution in [1.82, 2.24) is 0 Å². The maximum Gasteiger partial charge on any atom is 0.405 e. The third kappa shape index (κ3) is 3.06. The molecule has 0 bridgehead atoms. The summed E-state index contributed by atoms with van der Waals surface area (Å²) in [5.74, 6) is 0. The maximum atomic E-state index is 10.5. The minimum Gasteiger partial charge on any atom is -0.441 e.